The van der Waals surface area contributed by atoms with Crippen LogP contribution in [-0.2, 0) is 4.79 Å². The first-order valence-corrected chi connectivity index (χ1v) is 8.68. The second-order valence-corrected chi connectivity index (χ2v) is 6.37. The minimum atomic E-state index is -0.435. The van der Waals surface area contributed by atoms with E-state index in [-0.39, 0.29) is 11.6 Å². The van der Waals surface area contributed by atoms with Gasteiger partial charge in [0, 0.05) is 0 Å². The number of carbonyl (C=O) groups is 1. The maximum atomic E-state index is 12.5. The SMILES string of the molecule is COc1cc(/C=C(\C#N)C(=O)NC(C)c2ccccc2)cc(Br)c1OC. The number of nitrogens with one attached hydrogen (secondary N) is 1. The number of carbonyl (C=O) groups excluding carboxylic acids is 1. The second-order valence-electron chi connectivity index (χ2n) is 5.51. The summed E-state index contributed by atoms with van der Waals surface area (Å²) in [6.07, 6.45) is 1.51. The van der Waals surface area contributed by atoms with Gasteiger partial charge in [-0.05, 0) is 52.2 Å². The van der Waals surface area contributed by atoms with Gasteiger partial charge in [0.1, 0.15) is 11.6 Å². The molecule has 0 radical (unpaired) electrons. The number of amides is 1. The van der Waals surface area contributed by atoms with Crippen molar-refractivity contribution in [1.29, 1.82) is 5.26 Å². The van der Waals surface area contributed by atoms with Crippen LogP contribution in [0.4, 0.5) is 0 Å². The lowest BCUT2D eigenvalue weighted by molar-refractivity contribution is -0.117. The molecule has 0 aromatic heterocycles. The molecule has 6 heteroatoms. The normalized spacial score (nSPS) is 12.0. The van der Waals surface area contributed by atoms with Crippen molar-refractivity contribution in [3.63, 3.8) is 0 Å². The molecule has 1 N–H and O–H groups in total. The molecule has 0 heterocycles. The van der Waals surface area contributed by atoms with Crippen LogP contribution in [0.1, 0.15) is 24.1 Å². The van der Waals surface area contributed by atoms with E-state index < -0.39 is 5.91 Å². The molecule has 0 aliphatic carbocycles. The fraction of sp³-hybridized carbons (Fsp3) is 0.200. The fourth-order valence-corrected chi connectivity index (χ4v) is 3.06. The number of halogens is 1. The van der Waals surface area contributed by atoms with Crippen LogP contribution in [0.25, 0.3) is 6.08 Å². The molecular formula is C20H19BrN2O3. The van der Waals surface area contributed by atoms with Crippen LogP contribution in [0.15, 0.2) is 52.5 Å². The Hall–Kier alpha value is -2.78. The average Bonchev–Trinajstić information content (AvgIpc) is 2.66. The third-order valence-corrected chi connectivity index (χ3v) is 4.37. The summed E-state index contributed by atoms with van der Waals surface area (Å²) in [5.74, 6) is 0.614. The highest BCUT2D eigenvalue weighted by atomic mass is 79.9. The zero-order valence-corrected chi connectivity index (χ0v) is 16.3. The molecule has 0 aliphatic rings. The lowest BCUT2D eigenvalue weighted by Crippen LogP contribution is -2.27. The van der Waals surface area contributed by atoms with Gasteiger partial charge in [0.2, 0.25) is 0 Å². The molecule has 0 saturated heterocycles. The van der Waals surface area contributed by atoms with Gasteiger partial charge in [0.15, 0.2) is 11.5 Å². The quantitative estimate of drug-likeness (QED) is 0.566. The Balaban J connectivity index is 2.26. The van der Waals surface area contributed by atoms with Gasteiger partial charge >= 0.3 is 0 Å². The Kier molecular flexibility index (Phi) is 6.81. The van der Waals surface area contributed by atoms with Crippen molar-refractivity contribution >= 4 is 27.9 Å². The number of benzene rings is 2. The zero-order chi connectivity index (χ0) is 19.1. The maximum absolute atomic E-state index is 12.5. The molecule has 26 heavy (non-hydrogen) atoms. The summed E-state index contributed by atoms with van der Waals surface area (Å²) in [6.45, 7) is 1.87. The minimum Gasteiger partial charge on any atom is -0.493 e. The highest BCUT2D eigenvalue weighted by molar-refractivity contribution is 9.10. The highest BCUT2D eigenvalue weighted by Crippen LogP contribution is 2.36. The number of nitriles is 1. The van der Waals surface area contributed by atoms with E-state index in [0.717, 1.165) is 5.56 Å². The molecule has 2 rings (SSSR count). The van der Waals surface area contributed by atoms with Crippen LogP contribution in [-0.4, -0.2) is 20.1 Å². The standard InChI is InChI=1S/C20H19BrN2O3/c1-13(15-7-5-4-6-8-15)23-20(24)16(12-22)9-14-10-17(21)19(26-3)18(11-14)25-2/h4-11,13H,1-3H3,(H,23,24)/b16-9+. The molecule has 2 aromatic carbocycles. The van der Waals surface area contributed by atoms with Gasteiger partial charge in [-0.2, -0.15) is 5.26 Å². The van der Waals surface area contributed by atoms with Gasteiger partial charge in [0.25, 0.3) is 5.91 Å². The molecule has 1 atom stereocenters. The maximum Gasteiger partial charge on any atom is 0.262 e. The molecule has 0 spiro atoms. The van der Waals surface area contributed by atoms with E-state index in [2.05, 4.69) is 21.2 Å². The van der Waals surface area contributed by atoms with Gasteiger partial charge in [-0.3, -0.25) is 4.79 Å². The van der Waals surface area contributed by atoms with E-state index in [4.69, 9.17) is 9.47 Å². The minimum absolute atomic E-state index is 0.00639. The number of methoxy groups -OCH3 is 2. The van der Waals surface area contributed by atoms with Gasteiger partial charge in [-0.25, -0.2) is 0 Å². The van der Waals surface area contributed by atoms with E-state index in [9.17, 15) is 10.1 Å². The molecule has 0 fully saturated rings. The van der Waals surface area contributed by atoms with Crippen molar-refractivity contribution in [3.8, 4) is 17.6 Å². The average molecular weight is 415 g/mol. The van der Waals surface area contributed by atoms with E-state index in [1.165, 1.54) is 20.3 Å². The van der Waals surface area contributed by atoms with Crippen LogP contribution >= 0.6 is 15.9 Å². The summed E-state index contributed by atoms with van der Waals surface area (Å²) in [5.41, 5.74) is 1.62. The Labute approximate surface area is 161 Å². The predicted octanol–water partition coefficient (Wildman–Crippen LogP) is 4.25. The Morgan fingerprint density at radius 3 is 2.50 bits per heavy atom. The van der Waals surface area contributed by atoms with E-state index >= 15 is 0 Å². The summed E-state index contributed by atoms with van der Waals surface area (Å²) in [5, 5.41) is 12.2. The van der Waals surface area contributed by atoms with Crippen LogP contribution in [0, 0.1) is 11.3 Å². The number of hydrogen-bond donors (Lipinski definition) is 1. The van der Waals surface area contributed by atoms with Gasteiger partial charge in [0.05, 0.1) is 24.7 Å². The zero-order valence-electron chi connectivity index (χ0n) is 14.7. The Morgan fingerprint density at radius 2 is 1.92 bits per heavy atom. The summed E-state index contributed by atoms with van der Waals surface area (Å²) in [6, 6.07) is 14.8. The van der Waals surface area contributed by atoms with Gasteiger partial charge in [-0.1, -0.05) is 30.3 Å². The Morgan fingerprint density at radius 1 is 1.23 bits per heavy atom. The van der Waals surface area contributed by atoms with Crippen LogP contribution in [0.5, 0.6) is 11.5 Å². The lowest BCUT2D eigenvalue weighted by atomic mass is 10.1. The van der Waals surface area contributed by atoms with Gasteiger partial charge in [-0.15, -0.1) is 0 Å². The van der Waals surface area contributed by atoms with Gasteiger partial charge < -0.3 is 14.8 Å². The fourth-order valence-electron chi connectivity index (χ4n) is 2.44. The van der Waals surface area contributed by atoms with Crippen molar-refractivity contribution < 1.29 is 14.3 Å². The lowest BCUT2D eigenvalue weighted by Gasteiger charge is -2.14. The molecule has 2 aromatic rings. The molecular weight excluding hydrogens is 396 g/mol. The largest absolute Gasteiger partial charge is 0.493 e. The molecule has 5 nitrogen and oxygen atoms in total. The molecule has 1 amide bonds. The summed E-state index contributed by atoms with van der Waals surface area (Å²) < 4.78 is 11.2. The molecule has 0 saturated carbocycles. The second kappa shape index (κ2) is 9.07. The molecule has 1 unspecified atom stereocenters. The van der Waals surface area contributed by atoms with Crippen molar-refractivity contribution in [2.75, 3.05) is 14.2 Å². The van der Waals surface area contributed by atoms with Crippen molar-refractivity contribution in [3.05, 3.63) is 63.6 Å². The molecule has 134 valence electrons. The summed E-state index contributed by atoms with van der Waals surface area (Å²) in [4.78, 5) is 12.5. The van der Waals surface area contributed by atoms with E-state index in [1.54, 1.807) is 12.1 Å². The number of nitrogens with zero attached hydrogens (tertiary/aromatic N) is 1. The van der Waals surface area contributed by atoms with E-state index in [1.807, 2.05) is 43.3 Å². The monoisotopic (exact) mass is 414 g/mol. The van der Waals surface area contributed by atoms with Crippen molar-refractivity contribution in [2.45, 2.75) is 13.0 Å². The van der Waals surface area contributed by atoms with Crippen LogP contribution < -0.4 is 14.8 Å². The third-order valence-electron chi connectivity index (χ3n) is 3.78. The third kappa shape index (κ3) is 4.64. The van der Waals surface area contributed by atoms with Crippen molar-refractivity contribution in [1.82, 2.24) is 5.32 Å². The molecule has 0 bridgehead atoms. The first-order chi connectivity index (χ1) is 12.5. The Bertz CT molecular complexity index is 857. The van der Waals surface area contributed by atoms with Crippen LogP contribution in [0.3, 0.4) is 0 Å². The number of rotatable bonds is 6. The predicted molar refractivity (Wildman–Crippen MR) is 104 cm³/mol. The number of hydrogen-bond acceptors (Lipinski definition) is 4. The van der Waals surface area contributed by atoms with E-state index in [0.29, 0.717) is 21.5 Å². The molecule has 0 aliphatic heterocycles. The highest BCUT2D eigenvalue weighted by Gasteiger charge is 2.15. The topological polar surface area (TPSA) is 71.3 Å². The van der Waals surface area contributed by atoms with Crippen molar-refractivity contribution in [2.24, 2.45) is 0 Å². The van der Waals surface area contributed by atoms with Crippen LogP contribution in [0.2, 0.25) is 0 Å². The summed E-state index contributed by atoms with van der Waals surface area (Å²) >= 11 is 3.40. The first kappa shape index (κ1) is 19.5. The number of ether oxygens (including phenoxy) is 2. The smallest absolute Gasteiger partial charge is 0.262 e. The first-order valence-electron chi connectivity index (χ1n) is 7.89. The summed E-state index contributed by atoms with van der Waals surface area (Å²) in [7, 11) is 3.06.